The van der Waals surface area contributed by atoms with Crippen molar-refractivity contribution < 1.29 is 0 Å². The van der Waals surface area contributed by atoms with E-state index in [9.17, 15) is 0 Å². The number of aryl methyl sites for hydroxylation is 1. The van der Waals surface area contributed by atoms with Crippen molar-refractivity contribution in [2.75, 3.05) is 5.73 Å². The molecule has 0 unspecified atom stereocenters. The quantitative estimate of drug-likeness (QED) is 0.731. The van der Waals surface area contributed by atoms with Crippen LogP contribution < -0.4 is 5.73 Å². The molecule has 0 aliphatic rings. The highest BCUT2D eigenvalue weighted by atomic mass is 15.1. The third-order valence-electron chi connectivity index (χ3n) is 2.00. The number of pyridine rings is 1. The molecule has 4 nitrogen and oxygen atoms in total. The topological polar surface area (TPSA) is 64.7 Å². The van der Waals surface area contributed by atoms with Crippen LogP contribution in [0.5, 0.6) is 0 Å². The molecule has 70 valence electrons. The molecule has 0 saturated carbocycles. The molecular formula is C10H10N4. The molecule has 2 heterocycles. The first-order valence-electron chi connectivity index (χ1n) is 4.27. The van der Waals surface area contributed by atoms with E-state index in [-0.39, 0.29) is 0 Å². The van der Waals surface area contributed by atoms with Crippen molar-refractivity contribution in [2.45, 2.75) is 6.92 Å². The van der Waals surface area contributed by atoms with E-state index >= 15 is 0 Å². The van der Waals surface area contributed by atoms with Gasteiger partial charge in [0.25, 0.3) is 0 Å². The fourth-order valence-electron chi connectivity index (χ4n) is 1.22. The molecule has 2 aromatic rings. The summed E-state index contributed by atoms with van der Waals surface area (Å²) in [5, 5.41) is 7.79. The molecular weight excluding hydrogens is 176 g/mol. The van der Waals surface area contributed by atoms with Gasteiger partial charge < -0.3 is 5.73 Å². The summed E-state index contributed by atoms with van der Waals surface area (Å²) in [6, 6.07) is 5.51. The van der Waals surface area contributed by atoms with Crippen molar-refractivity contribution in [3.05, 3.63) is 36.2 Å². The van der Waals surface area contributed by atoms with Gasteiger partial charge in [0.05, 0.1) is 5.69 Å². The maximum absolute atomic E-state index is 5.45. The van der Waals surface area contributed by atoms with E-state index in [1.807, 2.05) is 19.1 Å². The van der Waals surface area contributed by atoms with Gasteiger partial charge in [-0.1, -0.05) is 0 Å². The largest absolute Gasteiger partial charge is 0.382 e. The lowest BCUT2D eigenvalue weighted by Gasteiger charge is -2.02. The smallest absolute Gasteiger partial charge is 0.146 e. The highest BCUT2D eigenvalue weighted by molar-refractivity contribution is 5.61. The van der Waals surface area contributed by atoms with Crippen LogP contribution in [-0.2, 0) is 0 Å². The van der Waals surface area contributed by atoms with Gasteiger partial charge in [-0.05, 0) is 30.7 Å². The molecule has 0 spiro atoms. The minimum absolute atomic E-state index is 0.426. The van der Waals surface area contributed by atoms with Crippen LogP contribution in [0.25, 0.3) is 11.3 Å². The second kappa shape index (κ2) is 3.41. The summed E-state index contributed by atoms with van der Waals surface area (Å²) in [7, 11) is 0. The van der Waals surface area contributed by atoms with Crippen LogP contribution in [0, 0.1) is 6.92 Å². The van der Waals surface area contributed by atoms with E-state index in [1.54, 1.807) is 18.5 Å². The van der Waals surface area contributed by atoms with Crippen LogP contribution in [0.2, 0.25) is 0 Å². The van der Waals surface area contributed by atoms with Crippen molar-refractivity contribution in [1.29, 1.82) is 0 Å². The highest BCUT2D eigenvalue weighted by Gasteiger charge is 2.02. The van der Waals surface area contributed by atoms with Gasteiger partial charge in [0.1, 0.15) is 5.82 Å². The van der Waals surface area contributed by atoms with Crippen molar-refractivity contribution in [1.82, 2.24) is 15.2 Å². The Kier molecular flexibility index (Phi) is 2.10. The Morgan fingerprint density at radius 3 is 2.64 bits per heavy atom. The Balaban J connectivity index is 2.50. The first kappa shape index (κ1) is 8.62. The van der Waals surface area contributed by atoms with E-state index in [0.717, 1.165) is 16.8 Å². The second-order valence-electron chi connectivity index (χ2n) is 3.03. The average molecular weight is 186 g/mol. The molecule has 0 atom stereocenters. The molecule has 0 bridgehead atoms. The van der Waals surface area contributed by atoms with Crippen LogP contribution in [0.4, 0.5) is 5.82 Å². The zero-order chi connectivity index (χ0) is 9.97. The third-order valence-corrected chi connectivity index (χ3v) is 2.00. The molecule has 0 aliphatic carbocycles. The Bertz CT molecular complexity index is 436. The molecule has 2 aromatic heterocycles. The second-order valence-corrected chi connectivity index (χ2v) is 3.03. The minimum atomic E-state index is 0.426. The number of rotatable bonds is 1. The number of nitrogens with two attached hydrogens (primary N) is 1. The van der Waals surface area contributed by atoms with Gasteiger partial charge in [0.2, 0.25) is 0 Å². The zero-order valence-corrected chi connectivity index (χ0v) is 7.81. The summed E-state index contributed by atoms with van der Waals surface area (Å²) in [5.74, 6) is 0.426. The monoisotopic (exact) mass is 186 g/mol. The van der Waals surface area contributed by atoms with Gasteiger partial charge in [-0.2, -0.15) is 0 Å². The van der Waals surface area contributed by atoms with Crippen LogP contribution >= 0.6 is 0 Å². The van der Waals surface area contributed by atoms with Gasteiger partial charge in [-0.3, -0.25) is 4.98 Å². The first-order chi connectivity index (χ1) is 6.77. The minimum Gasteiger partial charge on any atom is -0.382 e. The van der Waals surface area contributed by atoms with Gasteiger partial charge >= 0.3 is 0 Å². The lowest BCUT2D eigenvalue weighted by atomic mass is 10.1. The van der Waals surface area contributed by atoms with Crippen molar-refractivity contribution >= 4 is 5.82 Å². The van der Waals surface area contributed by atoms with Crippen LogP contribution in [-0.4, -0.2) is 15.2 Å². The fraction of sp³-hybridized carbons (Fsp3) is 0.100. The van der Waals surface area contributed by atoms with E-state index in [2.05, 4.69) is 15.2 Å². The maximum atomic E-state index is 5.45. The normalized spacial score (nSPS) is 10.1. The third kappa shape index (κ3) is 1.54. The summed E-state index contributed by atoms with van der Waals surface area (Å²) in [6.45, 7) is 2.01. The van der Waals surface area contributed by atoms with Crippen molar-refractivity contribution in [3.8, 4) is 11.3 Å². The van der Waals surface area contributed by atoms with Crippen molar-refractivity contribution in [3.63, 3.8) is 0 Å². The Labute approximate surface area is 81.8 Å². The van der Waals surface area contributed by atoms with E-state index in [1.165, 1.54) is 0 Å². The number of hydrogen-bond donors (Lipinski definition) is 1. The SMILES string of the molecule is Cc1ccncc1-c1ccc(N)nn1. The number of hydrogen-bond acceptors (Lipinski definition) is 4. The zero-order valence-electron chi connectivity index (χ0n) is 7.81. The van der Waals surface area contributed by atoms with Gasteiger partial charge in [0.15, 0.2) is 0 Å². The summed E-state index contributed by atoms with van der Waals surface area (Å²) >= 11 is 0. The summed E-state index contributed by atoms with van der Waals surface area (Å²) in [6.07, 6.45) is 3.53. The van der Waals surface area contributed by atoms with Gasteiger partial charge in [-0.15, -0.1) is 10.2 Å². The maximum Gasteiger partial charge on any atom is 0.146 e. The molecule has 0 aliphatic heterocycles. The van der Waals surface area contributed by atoms with Gasteiger partial charge in [0, 0.05) is 18.0 Å². The molecule has 14 heavy (non-hydrogen) atoms. The summed E-state index contributed by atoms with van der Waals surface area (Å²) in [4.78, 5) is 4.05. The molecule has 0 fully saturated rings. The van der Waals surface area contributed by atoms with E-state index < -0.39 is 0 Å². The van der Waals surface area contributed by atoms with E-state index in [0.29, 0.717) is 5.82 Å². The van der Waals surface area contributed by atoms with Gasteiger partial charge in [-0.25, -0.2) is 0 Å². The lowest BCUT2D eigenvalue weighted by Crippen LogP contribution is -1.95. The molecule has 0 amide bonds. The molecule has 4 heteroatoms. The molecule has 0 radical (unpaired) electrons. The standard InChI is InChI=1S/C10H10N4/c1-7-4-5-12-6-8(7)9-2-3-10(11)14-13-9/h2-6H,1H3,(H2,11,14). The van der Waals surface area contributed by atoms with Crippen LogP contribution in [0.3, 0.4) is 0 Å². The Morgan fingerprint density at radius 1 is 1.14 bits per heavy atom. The number of aromatic nitrogens is 3. The molecule has 0 saturated heterocycles. The molecule has 2 N–H and O–H groups in total. The summed E-state index contributed by atoms with van der Waals surface area (Å²) in [5.41, 5.74) is 8.36. The van der Waals surface area contributed by atoms with Crippen molar-refractivity contribution in [2.24, 2.45) is 0 Å². The number of nitrogens with zero attached hydrogens (tertiary/aromatic N) is 3. The first-order valence-corrected chi connectivity index (χ1v) is 4.27. The summed E-state index contributed by atoms with van der Waals surface area (Å²) < 4.78 is 0. The fourth-order valence-corrected chi connectivity index (χ4v) is 1.22. The molecule has 0 aromatic carbocycles. The predicted octanol–water partition coefficient (Wildman–Crippen LogP) is 1.43. The Hall–Kier alpha value is -1.97. The predicted molar refractivity (Wildman–Crippen MR) is 54.4 cm³/mol. The van der Waals surface area contributed by atoms with Crippen LogP contribution in [0.1, 0.15) is 5.56 Å². The highest BCUT2D eigenvalue weighted by Crippen LogP contribution is 2.18. The number of nitrogen functional groups attached to an aromatic ring is 1. The Morgan fingerprint density at radius 2 is 2.00 bits per heavy atom. The van der Waals surface area contributed by atoms with E-state index in [4.69, 9.17) is 5.73 Å². The van der Waals surface area contributed by atoms with Crippen LogP contribution in [0.15, 0.2) is 30.6 Å². The lowest BCUT2D eigenvalue weighted by molar-refractivity contribution is 1.04. The number of anilines is 1. The molecule has 2 rings (SSSR count). The average Bonchev–Trinajstić information content (AvgIpc) is 2.20.